The summed E-state index contributed by atoms with van der Waals surface area (Å²) in [4.78, 5) is 19.3. The van der Waals surface area contributed by atoms with Crippen molar-refractivity contribution in [3.05, 3.63) is 53.4 Å². The number of hydrogen-bond donors (Lipinski definition) is 2. The third-order valence-electron chi connectivity index (χ3n) is 5.67. The summed E-state index contributed by atoms with van der Waals surface area (Å²) < 4.78 is 7.19. The highest BCUT2D eigenvalue weighted by Crippen LogP contribution is 2.25. The number of hydrogen-bond acceptors (Lipinski definition) is 5. The van der Waals surface area contributed by atoms with E-state index >= 15 is 0 Å². The van der Waals surface area contributed by atoms with Gasteiger partial charge in [0.2, 0.25) is 12.1 Å². The van der Waals surface area contributed by atoms with Gasteiger partial charge in [0.05, 0.1) is 23.7 Å². The average molecular weight is 395 g/mol. The van der Waals surface area contributed by atoms with Gasteiger partial charge >= 0.3 is 0 Å². The summed E-state index contributed by atoms with van der Waals surface area (Å²) in [6.07, 6.45) is 3.53. The van der Waals surface area contributed by atoms with Crippen molar-refractivity contribution in [2.24, 2.45) is 0 Å². The number of ether oxygens (including phenoxy) is 1. The first-order valence-electron chi connectivity index (χ1n) is 9.97. The third kappa shape index (κ3) is 3.82. The number of amides is 1. The number of carbonyl (C=O) groups is 1. The quantitative estimate of drug-likeness (QED) is 0.593. The summed E-state index contributed by atoms with van der Waals surface area (Å²) in [6.45, 7) is 4.14. The van der Waals surface area contributed by atoms with E-state index in [1.54, 1.807) is 23.7 Å². The van der Waals surface area contributed by atoms with E-state index < -0.39 is 0 Å². The molecule has 0 spiro atoms. The fourth-order valence-electron chi connectivity index (χ4n) is 4.07. The zero-order valence-corrected chi connectivity index (χ0v) is 16.9. The number of nitrogens with one attached hydrogen (secondary N) is 2. The molecule has 29 heavy (non-hydrogen) atoms. The molecule has 1 fully saturated rings. The van der Waals surface area contributed by atoms with Gasteiger partial charge in [0.1, 0.15) is 7.11 Å². The molecular weight excluding hydrogens is 368 g/mol. The van der Waals surface area contributed by atoms with Crippen molar-refractivity contribution < 1.29 is 19.1 Å². The molecule has 0 saturated carbocycles. The van der Waals surface area contributed by atoms with Gasteiger partial charge < -0.3 is 15.0 Å². The SMILES string of the molecule is CO[n+]1cccc2c(C(=N)C3=C(NC4CCOC4)CCN(C(C)=O)C3)cccc21. The lowest BCUT2D eigenvalue weighted by atomic mass is 9.93. The number of rotatable bonds is 5. The Balaban J connectivity index is 1.76. The maximum absolute atomic E-state index is 12.0. The van der Waals surface area contributed by atoms with E-state index in [1.807, 2.05) is 36.5 Å². The summed E-state index contributed by atoms with van der Waals surface area (Å²) in [6, 6.07) is 10.0. The molecule has 2 aliphatic rings. The van der Waals surface area contributed by atoms with Crippen LogP contribution in [0.3, 0.4) is 0 Å². The molecule has 0 aliphatic carbocycles. The number of carbonyl (C=O) groups excluding carboxylic acids is 1. The Hall–Kier alpha value is -2.93. The third-order valence-corrected chi connectivity index (χ3v) is 5.67. The van der Waals surface area contributed by atoms with Crippen LogP contribution in [-0.4, -0.2) is 56.0 Å². The molecule has 1 aromatic carbocycles. The summed E-state index contributed by atoms with van der Waals surface area (Å²) >= 11 is 0. The molecule has 1 saturated heterocycles. The van der Waals surface area contributed by atoms with Gasteiger partial charge in [-0.05, 0) is 12.5 Å². The van der Waals surface area contributed by atoms with Gasteiger partial charge in [0.15, 0.2) is 0 Å². The molecule has 7 heteroatoms. The van der Waals surface area contributed by atoms with E-state index in [0.717, 1.165) is 47.2 Å². The molecule has 7 nitrogen and oxygen atoms in total. The van der Waals surface area contributed by atoms with E-state index in [4.69, 9.17) is 15.0 Å². The Morgan fingerprint density at radius 3 is 2.93 bits per heavy atom. The Bertz CT molecular complexity index is 979. The zero-order chi connectivity index (χ0) is 20.4. The fraction of sp³-hybridized carbons (Fsp3) is 0.409. The summed E-state index contributed by atoms with van der Waals surface area (Å²) in [5.74, 6) is 0.0358. The smallest absolute Gasteiger partial charge is 0.265 e. The number of nitrogens with zero attached hydrogens (tertiary/aromatic N) is 2. The highest BCUT2D eigenvalue weighted by molar-refractivity contribution is 6.17. The highest BCUT2D eigenvalue weighted by atomic mass is 16.6. The Morgan fingerprint density at radius 1 is 1.34 bits per heavy atom. The van der Waals surface area contributed by atoms with Gasteiger partial charge in [-0.1, -0.05) is 12.1 Å². The molecule has 152 valence electrons. The summed E-state index contributed by atoms with van der Waals surface area (Å²) in [7, 11) is 1.62. The predicted octanol–water partition coefficient (Wildman–Crippen LogP) is 1.44. The molecule has 1 unspecified atom stereocenters. The minimum Gasteiger partial charge on any atom is -0.383 e. The van der Waals surface area contributed by atoms with Crippen LogP contribution in [0, 0.1) is 5.41 Å². The minimum absolute atomic E-state index is 0.0358. The lowest BCUT2D eigenvalue weighted by molar-refractivity contribution is -0.865. The molecule has 3 heterocycles. The van der Waals surface area contributed by atoms with Crippen LogP contribution in [0.5, 0.6) is 0 Å². The van der Waals surface area contributed by atoms with Crippen LogP contribution >= 0.6 is 0 Å². The Morgan fingerprint density at radius 2 is 2.21 bits per heavy atom. The maximum atomic E-state index is 12.0. The van der Waals surface area contributed by atoms with E-state index in [-0.39, 0.29) is 11.9 Å². The number of fused-ring (bicyclic) bond motifs is 1. The topological polar surface area (TPSA) is 78.5 Å². The number of aromatic nitrogens is 1. The van der Waals surface area contributed by atoms with E-state index in [1.165, 1.54) is 0 Å². The monoisotopic (exact) mass is 395 g/mol. The Labute approximate surface area is 170 Å². The standard InChI is InChI=1S/C22H27N4O3/c1-15(27)25-11-8-20(24-16-9-12-29-14-16)19(13-25)22(23)18-5-3-7-21-17(18)6-4-10-26(21)28-2/h3-7,10,16,23-24H,8-9,11-14H2,1-2H3/q+1. The van der Waals surface area contributed by atoms with Crippen LogP contribution in [0.25, 0.3) is 10.9 Å². The van der Waals surface area contributed by atoms with Crippen LogP contribution in [0.15, 0.2) is 47.8 Å². The second-order valence-electron chi connectivity index (χ2n) is 7.48. The molecule has 0 bridgehead atoms. The molecule has 2 aromatic rings. The normalized spacial score (nSPS) is 19.5. The molecule has 1 amide bonds. The fourth-order valence-corrected chi connectivity index (χ4v) is 4.07. The summed E-state index contributed by atoms with van der Waals surface area (Å²) in [5, 5.41) is 13.6. The molecule has 0 radical (unpaired) electrons. The van der Waals surface area contributed by atoms with Gasteiger partial charge in [-0.3, -0.25) is 15.0 Å². The Kier molecular flexibility index (Phi) is 5.49. The first-order valence-corrected chi connectivity index (χ1v) is 9.97. The second kappa shape index (κ2) is 8.21. The highest BCUT2D eigenvalue weighted by Gasteiger charge is 2.28. The molecule has 1 aromatic heterocycles. The lowest BCUT2D eigenvalue weighted by Crippen LogP contribution is -2.42. The van der Waals surface area contributed by atoms with Crippen molar-refractivity contribution >= 4 is 22.5 Å². The van der Waals surface area contributed by atoms with E-state index in [2.05, 4.69) is 5.32 Å². The van der Waals surface area contributed by atoms with Crippen LogP contribution in [0.1, 0.15) is 25.3 Å². The zero-order valence-electron chi connectivity index (χ0n) is 16.9. The van der Waals surface area contributed by atoms with Crippen LogP contribution in [0.4, 0.5) is 0 Å². The van der Waals surface area contributed by atoms with Gasteiger partial charge in [-0.15, -0.1) is 0 Å². The number of benzene rings is 1. The van der Waals surface area contributed by atoms with Crippen molar-refractivity contribution in [2.45, 2.75) is 25.8 Å². The largest absolute Gasteiger partial charge is 0.383 e. The van der Waals surface area contributed by atoms with Crippen molar-refractivity contribution in [1.82, 2.24) is 10.2 Å². The van der Waals surface area contributed by atoms with Crippen LogP contribution in [0.2, 0.25) is 0 Å². The first-order chi connectivity index (χ1) is 14.1. The number of pyridine rings is 1. The van der Waals surface area contributed by atoms with Gasteiger partial charge in [-0.2, -0.15) is 0 Å². The average Bonchev–Trinajstić information content (AvgIpc) is 3.25. The maximum Gasteiger partial charge on any atom is 0.265 e. The first kappa shape index (κ1) is 19.4. The predicted molar refractivity (Wildman–Crippen MR) is 110 cm³/mol. The van der Waals surface area contributed by atoms with E-state index in [0.29, 0.717) is 25.4 Å². The van der Waals surface area contributed by atoms with Crippen molar-refractivity contribution in [1.29, 1.82) is 5.41 Å². The van der Waals surface area contributed by atoms with Crippen molar-refractivity contribution in [3.8, 4) is 0 Å². The van der Waals surface area contributed by atoms with Gasteiger partial charge in [0.25, 0.3) is 5.52 Å². The van der Waals surface area contributed by atoms with Gasteiger partial charge in [0, 0.05) is 66.7 Å². The molecular formula is C22H27N4O3+. The molecule has 1 atom stereocenters. The summed E-state index contributed by atoms with van der Waals surface area (Å²) in [5.41, 5.74) is 4.10. The van der Waals surface area contributed by atoms with Crippen LogP contribution in [-0.2, 0) is 9.53 Å². The molecule has 2 N–H and O–H groups in total. The minimum atomic E-state index is 0.0358. The van der Waals surface area contributed by atoms with Crippen LogP contribution < -0.4 is 14.9 Å². The van der Waals surface area contributed by atoms with Crippen molar-refractivity contribution in [2.75, 3.05) is 33.4 Å². The molecule has 4 rings (SSSR count). The van der Waals surface area contributed by atoms with E-state index in [9.17, 15) is 4.79 Å². The lowest BCUT2D eigenvalue weighted by Gasteiger charge is -2.32. The second-order valence-corrected chi connectivity index (χ2v) is 7.48. The molecule has 2 aliphatic heterocycles. The van der Waals surface area contributed by atoms with Crippen molar-refractivity contribution in [3.63, 3.8) is 0 Å². The van der Waals surface area contributed by atoms with Gasteiger partial charge in [-0.25, -0.2) is 0 Å².